The van der Waals surface area contributed by atoms with Crippen LogP contribution in [0.4, 0.5) is 5.00 Å². The number of hydrogen-bond donors (Lipinski definition) is 2. The third-order valence-corrected chi connectivity index (χ3v) is 7.80. The molecule has 3 aromatic rings. The van der Waals surface area contributed by atoms with Crippen LogP contribution in [0.25, 0.3) is 0 Å². The lowest BCUT2D eigenvalue weighted by molar-refractivity contribution is 0.0729. The Labute approximate surface area is 213 Å². The highest BCUT2D eigenvalue weighted by Gasteiger charge is 2.34. The maximum atomic E-state index is 13.1. The summed E-state index contributed by atoms with van der Waals surface area (Å²) in [6, 6.07) is 12.2. The number of methoxy groups -OCH3 is 1. The van der Waals surface area contributed by atoms with Crippen LogP contribution < -0.4 is 20.1 Å². The summed E-state index contributed by atoms with van der Waals surface area (Å²) in [7, 11) is 1.51. The molecule has 7 nitrogen and oxygen atoms in total. The zero-order valence-electron chi connectivity index (χ0n) is 19.7. The van der Waals surface area contributed by atoms with E-state index in [1.807, 2.05) is 6.07 Å². The van der Waals surface area contributed by atoms with Gasteiger partial charge in [0.2, 0.25) is 0 Å². The van der Waals surface area contributed by atoms with Gasteiger partial charge in [-0.15, -0.1) is 11.3 Å². The van der Waals surface area contributed by atoms with Crippen molar-refractivity contribution in [2.75, 3.05) is 19.0 Å². The van der Waals surface area contributed by atoms with Gasteiger partial charge in [-0.2, -0.15) is 0 Å². The predicted octanol–water partition coefficient (Wildman–Crippen LogP) is 5.25. The van der Waals surface area contributed by atoms with Crippen molar-refractivity contribution >= 4 is 39.8 Å². The van der Waals surface area contributed by atoms with Crippen LogP contribution in [0.2, 0.25) is 5.02 Å². The number of thiophene rings is 1. The van der Waals surface area contributed by atoms with Crippen molar-refractivity contribution in [3.8, 4) is 11.5 Å². The van der Waals surface area contributed by atoms with E-state index in [-0.39, 0.29) is 5.91 Å². The van der Waals surface area contributed by atoms with Gasteiger partial charge in [0, 0.05) is 29.0 Å². The molecule has 0 aliphatic carbocycles. The lowest BCUT2D eigenvalue weighted by Gasteiger charge is -2.31. The van der Waals surface area contributed by atoms with Crippen molar-refractivity contribution in [2.45, 2.75) is 39.0 Å². The number of hydrogen-bond acceptors (Lipinski definition) is 7. The lowest BCUT2D eigenvalue weighted by atomic mass is 9.99. The highest BCUT2D eigenvalue weighted by Crippen LogP contribution is 2.42. The van der Waals surface area contributed by atoms with E-state index in [0.29, 0.717) is 28.1 Å². The second kappa shape index (κ2) is 9.53. The molecule has 0 saturated heterocycles. The molecule has 1 unspecified atom stereocenters. The van der Waals surface area contributed by atoms with Crippen molar-refractivity contribution in [3.05, 3.63) is 74.6 Å². The molecule has 0 saturated carbocycles. The average Bonchev–Trinajstić information content (AvgIpc) is 3.22. The van der Waals surface area contributed by atoms with Gasteiger partial charge in [-0.1, -0.05) is 17.7 Å². The van der Waals surface area contributed by atoms with Crippen molar-refractivity contribution in [2.24, 2.45) is 0 Å². The lowest BCUT2D eigenvalue weighted by Crippen LogP contribution is -2.39. The summed E-state index contributed by atoms with van der Waals surface area (Å²) in [6.45, 7) is 6.22. The van der Waals surface area contributed by atoms with Crippen molar-refractivity contribution in [1.29, 1.82) is 0 Å². The monoisotopic (exact) mass is 511 g/mol. The number of carbonyl (C=O) groups is 2. The molecule has 9 heteroatoms. The van der Waals surface area contributed by atoms with Gasteiger partial charge in [-0.05, 0) is 67.8 Å². The van der Waals surface area contributed by atoms with Gasteiger partial charge in [0.05, 0.1) is 18.2 Å². The Hall–Kier alpha value is -3.07. The standard InChI is InChI=1S/C26H26ClN3O4S/c1-14(2)30-11-10-18-21(13-30)35-25-22(18)24(31)28-23(29-25)16-6-9-19(20(12-16)33-3)34-26(32)15-4-7-17(27)8-5-15/h4-9,12,14,23,29H,10-11,13H2,1-3H3,(H,28,31). The Morgan fingerprint density at radius 3 is 2.63 bits per heavy atom. The van der Waals surface area contributed by atoms with Gasteiger partial charge in [0.15, 0.2) is 11.5 Å². The van der Waals surface area contributed by atoms with Gasteiger partial charge in [0.1, 0.15) is 11.2 Å². The number of carbonyl (C=O) groups excluding carboxylic acids is 2. The molecule has 2 aliphatic rings. The molecule has 35 heavy (non-hydrogen) atoms. The van der Waals surface area contributed by atoms with E-state index >= 15 is 0 Å². The SMILES string of the molecule is COc1cc(C2NC(=O)c3c(sc4c3CCN(C(C)C)C4)N2)ccc1OC(=O)c1ccc(Cl)cc1. The molecule has 2 aromatic carbocycles. The highest BCUT2D eigenvalue weighted by atomic mass is 35.5. The molecular formula is C26H26ClN3O4S. The largest absolute Gasteiger partial charge is 0.493 e. The first-order valence-electron chi connectivity index (χ1n) is 11.5. The van der Waals surface area contributed by atoms with Gasteiger partial charge in [-0.25, -0.2) is 4.79 Å². The summed E-state index contributed by atoms with van der Waals surface area (Å²) >= 11 is 7.55. The van der Waals surface area contributed by atoms with E-state index in [2.05, 4.69) is 29.4 Å². The third kappa shape index (κ3) is 4.61. The van der Waals surface area contributed by atoms with E-state index in [9.17, 15) is 9.59 Å². The Balaban J connectivity index is 1.36. The first-order chi connectivity index (χ1) is 16.8. The van der Waals surface area contributed by atoms with Crippen LogP contribution in [0.3, 0.4) is 0 Å². The van der Waals surface area contributed by atoms with E-state index in [1.54, 1.807) is 47.7 Å². The van der Waals surface area contributed by atoms with Crippen LogP contribution in [0.15, 0.2) is 42.5 Å². The molecule has 0 bridgehead atoms. The minimum absolute atomic E-state index is 0.0727. The van der Waals surface area contributed by atoms with Crippen molar-refractivity contribution in [3.63, 3.8) is 0 Å². The number of ether oxygens (including phenoxy) is 2. The minimum Gasteiger partial charge on any atom is -0.493 e. The maximum absolute atomic E-state index is 13.1. The van der Waals surface area contributed by atoms with Crippen molar-refractivity contribution in [1.82, 2.24) is 10.2 Å². The molecule has 2 aliphatic heterocycles. The molecular weight excluding hydrogens is 486 g/mol. The molecule has 2 N–H and O–H groups in total. The number of benzene rings is 2. The highest BCUT2D eigenvalue weighted by molar-refractivity contribution is 7.16. The smallest absolute Gasteiger partial charge is 0.343 e. The normalized spacial score (nSPS) is 17.3. The molecule has 0 fully saturated rings. The average molecular weight is 512 g/mol. The van der Waals surface area contributed by atoms with E-state index in [0.717, 1.165) is 41.2 Å². The fourth-order valence-electron chi connectivity index (χ4n) is 4.44. The van der Waals surface area contributed by atoms with Gasteiger partial charge < -0.3 is 20.1 Å². The number of esters is 1. The molecule has 3 heterocycles. The number of fused-ring (bicyclic) bond motifs is 3. The Morgan fingerprint density at radius 1 is 1.14 bits per heavy atom. The number of rotatable bonds is 5. The zero-order valence-corrected chi connectivity index (χ0v) is 21.3. The molecule has 0 spiro atoms. The zero-order chi connectivity index (χ0) is 24.7. The van der Waals surface area contributed by atoms with Crippen LogP contribution in [0.5, 0.6) is 11.5 Å². The second-order valence-corrected chi connectivity index (χ2v) is 10.4. The number of halogens is 1. The van der Waals surface area contributed by atoms with Crippen LogP contribution in [-0.4, -0.2) is 36.5 Å². The predicted molar refractivity (Wildman–Crippen MR) is 137 cm³/mol. The van der Waals surface area contributed by atoms with Gasteiger partial charge >= 0.3 is 5.97 Å². The van der Waals surface area contributed by atoms with E-state index in [4.69, 9.17) is 21.1 Å². The minimum atomic E-state index is -0.513. The molecule has 1 atom stereocenters. The van der Waals surface area contributed by atoms with Gasteiger partial charge in [-0.3, -0.25) is 9.69 Å². The topological polar surface area (TPSA) is 79.9 Å². The maximum Gasteiger partial charge on any atom is 0.343 e. The summed E-state index contributed by atoms with van der Waals surface area (Å²) in [5, 5.41) is 7.98. The van der Waals surface area contributed by atoms with Gasteiger partial charge in [0.25, 0.3) is 5.91 Å². The summed E-state index contributed by atoms with van der Waals surface area (Å²) in [4.78, 5) is 29.3. The molecule has 1 aromatic heterocycles. The van der Waals surface area contributed by atoms with Crippen LogP contribution >= 0.6 is 22.9 Å². The first-order valence-corrected chi connectivity index (χ1v) is 12.6. The Kier molecular flexibility index (Phi) is 6.44. The van der Waals surface area contributed by atoms with Crippen LogP contribution in [-0.2, 0) is 13.0 Å². The summed E-state index contributed by atoms with van der Waals surface area (Å²) in [5.41, 5.74) is 3.10. The van der Waals surface area contributed by atoms with Crippen LogP contribution in [0, 0.1) is 0 Å². The quantitative estimate of drug-likeness (QED) is 0.360. The molecule has 1 amide bonds. The summed E-state index contributed by atoms with van der Waals surface area (Å²) in [5.74, 6) is 0.0987. The van der Waals surface area contributed by atoms with E-state index in [1.165, 1.54) is 12.0 Å². The van der Waals surface area contributed by atoms with E-state index < -0.39 is 12.1 Å². The number of anilines is 1. The fraction of sp³-hybridized carbons (Fsp3) is 0.308. The Morgan fingerprint density at radius 2 is 1.91 bits per heavy atom. The Bertz CT molecular complexity index is 1290. The first kappa shape index (κ1) is 23.7. The molecule has 0 radical (unpaired) electrons. The third-order valence-electron chi connectivity index (χ3n) is 6.40. The molecule has 182 valence electrons. The van der Waals surface area contributed by atoms with Crippen LogP contribution in [0.1, 0.15) is 56.7 Å². The summed E-state index contributed by atoms with van der Waals surface area (Å²) < 4.78 is 11.0. The fourth-order valence-corrected chi connectivity index (χ4v) is 5.86. The molecule has 5 rings (SSSR count). The number of nitrogens with zero attached hydrogens (tertiary/aromatic N) is 1. The van der Waals surface area contributed by atoms with Crippen molar-refractivity contribution < 1.29 is 19.1 Å². The summed E-state index contributed by atoms with van der Waals surface area (Å²) in [6.07, 6.45) is 0.451. The number of nitrogens with one attached hydrogen (secondary N) is 2. The second-order valence-electron chi connectivity index (χ2n) is 8.88. The number of amides is 1.